The quantitative estimate of drug-likeness (QED) is 0.487. The van der Waals surface area contributed by atoms with Crippen LogP contribution in [0.5, 0.6) is 11.5 Å². The third kappa shape index (κ3) is 5.18. The van der Waals surface area contributed by atoms with Crippen molar-refractivity contribution in [1.82, 2.24) is 0 Å². The minimum absolute atomic E-state index is 0.00381. The Morgan fingerprint density at radius 2 is 1.58 bits per heavy atom. The fourth-order valence-corrected chi connectivity index (χ4v) is 4.39. The van der Waals surface area contributed by atoms with E-state index in [0.717, 1.165) is 5.75 Å². The molecule has 0 bridgehead atoms. The molecule has 0 radical (unpaired) electrons. The van der Waals surface area contributed by atoms with Gasteiger partial charge < -0.3 is 13.8 Å². The van der Waals surface area contributed by atoms with Crippen LogP contribution in [0.1, 0.15) is 6.42 Å². The molecule has 1 amide bonds. The van der Waals surface area contributed by atoms with Gasteiger partial charge in [0.2, 0.25) is 5.91 Å². The molecular formula is C23H20ClNO5S. The molecule has 160 valence electrons. The summed E-state index contributed by atoms with van der Waals surface area (Å²) in [6.45, 7) is 0.988. The number of carbonyl (C=O) groups is 1. The number of halogens is 1. The Morgan fingerprint density at radius 1 is 0.903 bits per heavy atom. The van der Waals surface area contributed by atoms with Crippen LogP contribution in [0.15, 0.2) is 83.8 Å². The molecule has 0 aromatic heterocycles. The predicted octanol–water partition coefficient (Wildman–Crippen LogP) is 4.54. The fourth-order valence-electron chi connectivity index (χ4n) is 3.33. The molecule has 1 atom stereocenters. The maximum atomic E-state index is 12.5. The summed E-state index contributed by atoms with van der Waals surface area (Å²) in [5, 5.41) is 0.436. The minimum Gasteiger partial charge on any atom is -0.493 e. The molecular weight excluding hydrogens is 438 g/mol. The van der Waals surface area contributed by atoms with E-state index in [1.807, 2.05) is 30.3 Å². The summed E-state index contributed by atoms with van der Waals surface area (Å²) in [7, 11) is -3.97. The molecule has 3 aromatic carbocycles. The Morgan fingerprint density at radius 3 is 2.26 bits per heavy atom. The Hall–Kier alpha value is -3.03. The van der Waals surface area contributed by atoms with Crippen molar-refractivity contribution in [3.8, 4) is 11.5 Å². The molecule has 6 nitrogen and oxygen atoms in total. The molecule has 4 rings (SSSR count). The Kier molecular flexibility index (Phi) is 6.15. The van der Waals surface area contributed by atoms with Gasteiger partial charge in [0.25, 0.3) is 0 Å². The first-order valence-electron chi connectivity index (χ1n) is 9.69. The molecule has 1 unspecified atom stereocenters. The van der Waals surface area contributed by atoms with Gasteiger partial charge in [0.05, 0.1) is 6.61 Å². The zero-order valence-corrected chi connectivity index (χ0v) is 18.1. The summed E-state index contributed by atoms with van der Waals surface area (Å²) < 4.78 is 35.7. The van der Waals surface area contributed by atoms with Crippen molar-refractivity contribution in [1.29, 1.82) is 0 Å². The van der Waals surface area contributed by atoms with Crippen LogP contribution in [-0.2, 0) is 14.9 Å². The zero-order valence-electron chi connectivity index (χ0n) is 16.5. The van der Waals surface area contributed by atoms with Gasteiger partial charge >= 0.3 is 10.1 Å². The maximum Gasteiger partial charge on any atom is 0.339 e. The molecule has 1 aliphatic rings. The summed E-state index contributed by atoms with van der Waals surface area (Å²) in [5.41, 5.74) is 0.684. The molecule has 0 N–H and O–H groups in total. The highest BCUT2D eigenvalue weighted by atomic mass is 35.5. The molecule has 8 heteroatoms. The van der Waals surface area contributed by atoms with Gasteiger partial charge in [0.15, 0.2) is 0 Å². The van der Waals surface area contributed by atoms with E-state index in [1.54, 1.807) is 17.0 Å². The summed E-state index contributed by atoms with van der Waals surface area (Å²) in [6, 6.07) is 21.6. The van der Waals surface area contributed by atoms with Gasteiger partial charge in [-0.3, -0.25) is 4.79 Å². The van der Waals surface area contributed by atoms with Gasteiger partial charge in [0.1, 0.15) is 16.4 Å². The highest BCUT2D eigenvalue weighted by Gasteiger charge is 2.31. The number of hydrogen-bond donors (Lipinski definition) is 0. The minimum atomic E-state index is -3.97. The van der Waals surface area contributed by atoms with Crippen molar-refractivity contribution in [2.75, 3.05) is 18.1 Å². The van der Waals surface area contributed by atoms with E-state index in [1.165, 1.54) is 36.4 Å². The average Bonchev–Trinajstić information content (AvgIpc) is 3.14. The van der Waals surface area contributed by atoms with Gasteiger partial charge in [-0.05, 0) is 60.7 Å². The predicted molar refractivity (Wildman–Crippen MR) is 118 cm³/mol. The Bertz CT molecular complexity index is 1150. The monoisotopic (exact) mass is 457 g/mol. The summed E-state index contributed by atoms with van der Waals surface area (Å²) in [4.78, 5) is 14.1. The summed E-state index contributed by atoms with van der Waals surface area (Å²) in [5.74, 6) is 1.02. The molecule has 1 aliphatic heterocycles. The van der Waals surface area contributed by atoms with Crippen LogP contribution in [0.3, 0.4) is 0 Å². The first-order valence-corrected chi connectivity index (χ1v) is 11.5. The van der Waals surface area contributed by atoms with E-state index < -0.39 is 10.1 Å². The van der Waals surface area contributed by atoms with Gasteiger partial charge in [-0.1, -0.05) is 29.8 Å². The first kappa shape index (κ1) is 21.2. The molecule has 0 aliphatic carbocycles. The van der Waals surface area contributed by atoms with E-state index in [0.29, 0.717) is 30.3 Å². The number of rotatable bonds is 7. The number of benzene rings is 3. The average molecular weight is 458 g/mol. The number of carbonyl (C=O) groups excluding carboxylic acids is 1. The van der Waals surface area contributed by atoms with Crippen LogP contribution in [0.25, 0.3) is 0 Å². The summed E-state index contributed by atoms with van der Waals surface area (Å²) in [6.07, 6.45) is 0.399. The number of nitrogens with zero attached hydrogens (tertiary/aromatic N) is 1. The lowest BCUT2D eigenvalue weighted by Gasteiger charge is -2.17. The molecule has 0 saturated carbocycles. The highest BCUT2D eigenvalue weighted by Crippen LogP contribution is 2.28. The van der Waals surface area contributed by atoms with E-state index >= 15 is 0 Å². The van der Waals surface area contributed by atoms with E-state index in [2.05, 4.69) is 0 Å². The second kappa shape index (κ2) is 8.99. The van der Waals surface area contributed by atoms with Gasteiger partial charge in [-0.2, -0.15) is 8.42 Å². The molecule has 1 saturated heterocycles. The SMILES string of the molecule is O=C1CC(COc2ccccc2)CN1c1ccc(OS(=O)(=O)c2ccc(Cl)cc2)cc1. The van der Waals surface area contributed by atoms with E-state index in [4.69, 9.17) is 20.5 Å². The lowest BCUT2D eigenvalue weighted by molar-refractivity contribution is -0.117. The molecule has 0 spiro atoms. The van der Waals surface area contributed by atoms with Crippen LogP contribution in [0.4, 0.5) is 5.69 Å². The Balaban J connectivity index is 1.38. The van der Waals surface area contributed by atoms with Crippen molar-refractivity contribution in [2.24, 2.45) is 5.92 Å². The first-order chi connectivity index (χ1) is 14.9. The van der Waals surface area contributed by atoms with Crippen LogP contribution < -0.4 is 13.8 Å². The van der Waals surface area contributed by atoms with Crippen molar-refractivity contribution in [3.05, 3.63) is 83.9 Å². The summed E-state index contributed by atoms with van der Waals surface area (Å²) >= 11 is 5.80. The molecule has 1 fully saturated rings. The van der Waals surface area contributed by atoms with Crippen molar-refractivity contribution < 1.29 is 22.1 Å². The van der Waals surface area contributed by atoms with Gasteiger partial charge in [-0.25, -0.2) is 0 Å². The Labute approximate surface area is 186 Å². The zero-order chi connectivity index (χ0) is 21.8. The van der Waals surface area contributed by atoms with Crippen LogP contribution in [0, 0.1) is 5.92 Å². The normalized spacial score (nSPS) is 16.4. The highest BCUT2D eigenvalue weighted by molar-refractivity contribution is 7.87. The van der Waals surface area contributed by atoms with Crippen LogP contribution >= 0.6 is 11.6 Å². The largest absolute Gasteiger partial charge is 0.493 e. The smallest absolute Gasteiger partial charge is 0.339 e. The third-order valence-corrected chi connectivity index (χ3v) is 6.40. The van der Waals surface area contributed by atoms with E-state index in [-0.39, 0.29) is 22.5 Å². The maximum absolute atomic E-state index is 12.5. The third-order valence-electron chi connectivity index (χ3n) is 4.89. The number of ether oxygens (including phenoxy) is 1. The van der Waals surface area contributed by atoms with E-state index in [9.17, 15) is 13.2 Å². The standard InChI is InChI=1S/C23H20ClNO5S/c24-18-6-12-22(13-7-18)31(27,28)30-21-10-8-19(9-11-21)25-15-17(14-23(25)26)16-29-20-4-2-1-3-5-20/h1-13,17H,14-16H2. The van der Waals surface area contributed by atoms with Crippen LogP contribution in [0.2, 0.25) is 5.02 Å². The number of para-hydroxylation sites is 1. The lowest BCUT2D eigenvalue weighted by atomic mass is 10.1. The molecule has 1 heterocycles. The number of amides is 1. The molecule has 3 aromatic rings. The van der Waals surface area contributed by atoms with Gasteiger partial charge in [0, 0.05) is 29.6 Å². The molecule has 31 heavy (non-hydrogen) atoms. The van der Waals surface area contributed by atoms with Crippen molar-refractivity contribution in [2.45, 2.75) is 11.3 Å². The number of hydrogen-bond acceptors (Lipinski definition) is 5. The van der Waals surface area contributed by atoms with Crippen molar-refractivity contribution in [3.63, 3.8) is 0 Å². The number of anilines is 1. The fraction of sp³-hybridized carbons (Fsp3) is 0.174. The van der Waals surface area contributed by atoms with Crippen LogP contribution in [-0.4, -0.2) is 27.5 Å². The lowest BCUT2D eigenvalue weighted by Crippen LogP contribution is -2.25. The second-order valence-electron chi connectivity index (χ2n) is 7.18. The van der Waals surface area contributed by atoms with Crippen molar-refractivity contribution >= 4 is 33.3 Å². The topological polar surface area (TPSA) is 72.9 Å². The second-order valence-corrected chi connectivity index (χ2v) is 9.17. The van der Waals surface area contributed by atoms with Gasteiger partial charge in [-0.15, -0.1) is 0 Å².